The summed E-state index contributed by atoms with van der Waals surface area (Å²) in [6, 6.07) is 0. The molecule has 0 rings (SSSR count). The Bertz CT molecular complexity index is 470. The number of carboxylic acids is 1. The number of aliphatic carboxylic acids is 1. The molecule has 0 aliphatic heterocycles. The van der Waals surface area contributed by atoms with Gasteiger partial charge in [-0.05, 0) is 12.8 Å². The highest BCUT2D eigenvalue weighted by atomic mass is 16.4. The number of aliphatic hydroxyl groups excluding tert-OH is 2. The zero-order valence-electron chi connectivity index (χ0n) is 18.8. The van der Waals surface area contributed by atoms with Crippen molar-refractivity contribution < 1.29 is 24.9 Å². The molecular weight excluding hydrogens is 368 g/mol. The van der Waals surface area contributed by atoms with Gasteiger partial charge in [-0.3, -0.25) is 4.79 Å². The monoisotopic (exact) mass is 412 g/mol. The minimum atomic E-state index is -1.45. The van der Waals surface area contributed by atoms with Gasteiger partial charge >= 0.3 is 5.97 Å². The van der Waals surface area contributed by atoms with Gasteiger partial charge in [0.2, 0.25) is 5.78 Å². The van der Waals surface area contributed by atoms with Gasteiger partial charge in [0.15, 0.2) is 0 Å². The molecule has 0 saturated heterocycles. The van der Waals surface area contributed by atoms with E-state index in [0.29, 0.717) is 12.8 Å². The van der Waals surface area contributed by atoms with Crippen LogP contribution in [-0.4, -0.2) is 33.2 Å². The lowest BCUT2D eigenvalue weighted by Gasteiger charge is -2.12. The van der Waals surface area contributed by atoms with Gasteiger partial charge < -0.3 is 15.3 Å². The smallest absolute Gasteiger partial charge is 0.342 e. The number of aliphatic hydroxyl groups is 2. The number of carbonyl (C=O) groups is 2. The molecule has 0 fully saturated rings. The minimum absolute atomic E-state index is 0.174. The Morgan fingerprint density at radius 3 is 1.52 bits per heavy atom. The van der Waals surface area contributed by atoms with Crippen LogP contribution in [0.25, 0.3) is 0 Å². The van der Waals surface area contributed by atoms with Gasteiger partial charge in [-0.15, -0.1) is 0 Å². The molecule has 0 aliphatic carbocycles. The van der Waals surface area contributed by atoms with E-state index in [-0.39, 0.29) is 12.8 Å². The maximum atomic E-state index is 12.3. The second kappa shape index (κ2) is 18.7. The number of Topliss-reactive ketones (excluding diaryl/α,β-unsaturated/α-hetero) is 1. The third-order valence-corrected chi connectivity index (χ3v) is 5.40. The minimum Gasteiger partial charge on any atom is -0.511 e. The van der Waals surface area contributed by atoms with E-state index in [1.165, 1.54) is 38.5 Å². The van der Waals surface area contributed by atoms with Gasteiger partial charge in [0.05, 0.1) is 0 Å². The van der Waals surface area contributed by atoms with Crippen LogP contribution in [-0.2, 0) is 9.59 Å². The Morgan fingerprint density at radius 1 is 0.655 bits per heavy atom. The van der Waals surface area contributed by atoms with Crippen LogP contribution >= 0.6 is 0 Å². The number of carbonyl (C=O) groups excluding carboxylic acids is 1. The Kier molecular flexibility index (Phi) is 17.8. The van der Waals surface area contributed by atoms with E-state index in [4.69, 9.17) is 0 Å². The molecule has 1 atom stereocenters. The molecule has 0 heterocycles. The van der Waals surface area contributed by atoms with Crippen molar-refractivity contribution in [3.63, 3.8) is 0 Å². The summed E-state index contributed by atoms with van der Waals surface area (Å²) in [7, 11) is 0. The average Bonchev–Trinajstić information content (AvgIpc) is 2.68. The first-order valence-corrected chi connectivity index (χ1v) is 11.8. The fourth-order valence-corrected chi connectivity index (χ4v) is 3.51. The summed E-state index contributed by atoms with van der Waals surface area (Å²) in [4.78, 5) is 23.7. The number of ketones is 1. The van der Waals surface area contributed by atoms with Crippen molar-refractivity contribution >= 4 is 11.8 Å². The molecule has 0 aliphatic rings. The van der Waals surface area contributed by atoms with Gasteiger partial charge in [0.25, 0.3) is 0 Å². The fraction of sp³-hybridized carbons (Fsp3) is 0.833. The zero-order valence-corrected chi connectivity index (χ0v) is 18.8. The number of unbranched alkanes of at least 4 members (excludes halogenated alkanes) is 13. The molecule has 5 heteroatoms. The Labute approximate surface area is 177 Å². The van der Waals surface area contributed by atoms with E-state index < -0.39 is 29.2 Å². The van der Waals surface area contributed by atoms with Crippen LogP contribution in [0.5, 0.6) is 0 Å². The summed E-state index contributed by atoms with van der Waals surface area (Å²) in [5.74, 6) is -2.71. The topological polar surface area (TPSA) is 94.8 Å². The van der Waals surface area contributed by atoms with E-state index >= 15 is 0 Å². The van der Waals surface area contributed by atoms with Crippen LogP contribution in [0, 0.1) is 0 Å². The van der Waals surface area contributed by atoms with Crippen LogP contribution < -0.4 is 0 Å². The first-order chi connectivity index (χ1) is 14.0. The predicted octanol–water partition coefficient (Wildman–Crippen LogP) is 6.48. The number of carboxylic acid groups (broad SMARTS) is 1. The SMILES string of the molecule is CCCCCCCCCCCC(O)=C(C(=O)O)C(=O)C(O)CCCCCCCC. The first-order valence-electron chi connectivity index (χ1n) is 11.8. The van der Waals surface area contributed by atoms with Crippen molar-refractivity contribution in [2.75, 3.05) is 0 Å². The van der Waals surface area contributed by atoms with Crippen molar-refractivity contribution in [3.05, 3.63) is 11.3 Å². The normalized spacial score (nSPS) is 13.2. The van der Waals surface area contributed by atoms with Gasteiger partial charge in [-0.2, -0.15) is 0 Å². The fourth-order valence-electron chi connectivity index (χ4n) is 3.51. The Morgan fingerprint density at radius 2 is 1.07 bits per heavy atom. The maximum absolute atomic E-state index is 12.3. The van der Waals surface area contributed by atoms with E-state index in [9.17, 15) is 24.9 Å². The van der Waals surface area contributed by atoms with Gasteiger partial charge in [0, 0.05) is 6.42 Å². The second-order valence-corrected chi connectivity index (χ2v) is 8.14. The standard InChI is InChI=1S/C24H44O5/c1-3-5-7-9-11-12-13-15-16-18-20(25)22(24(28)29)23(27)21(26)19-17-14-10-8-6-4-2/h21,25-26H,3-19H2,1-2H3,(H,28,29). The lowest BCUT2D eigenvalue weighted by molar-refractivity contribution is -0.136. The van der Waals surface area contributed by atoms with Crippen LogP contribution in [0.1, 0.15) is 123 Å². The summed E-state index contributed by atoms with van der Waals surface area (Å²) >= 11 is 0. The number of allylic oxidation sites excluding steroid dienone is 1. The lowest BCUT2D eigenvalue weighted by Crippen LogP contribution is -2.27. The van der Waals surface area contributed by atoms with Crippen LogP contribution in [0.3, 0.4) is 0 Å². The maximum Gasteiger partial charge on any atom is 0.342 e. The molecular formula is C24H44O5. The predicted molar refractivity (Wildman–Crippen MR) is 118 cm³/mol. The molecule has 0 radical (unpaired) electrons. The van der Waals surface area contributed by atoms with Gasteiger partial charge in [-0.25, -0.2) is 4.79 Å². The van der Waals surface area contributed by atoms with Crippen molar-refractivity contribution in [2.45, 2.75) is 129 Å². The molecule has 0 amide bonds. The van der Waals surface area contributed by atoms with E-state index in [2.05, 4.69) is 13.8 Å². The molecule has 1 unspecified atom stereocenters. The third kappa shape index (κ3) is 14.3. The number of hydrogen-bond donors (Lipinski definition) is 3. The zero-order chi connectivity index (χ0) is 21.9. The van der Waals surface area contributed by atoms with Gasteiger partial charge in [-0.1, -0.05) is 104 Å². The Balaban J connectivity index is 4.26. The lowest BCUT2D eigenvalue weighted by atomic mass is 9.98. The molecule has 170 valence electrons. The summed E-state index contributed by atoms with van der Waals surface area (Å²) in [6.45, 7) is 4.34. The number of hydrogen-bond acceptors (Lipinski definition) is 4. The Hall–Kier alpha value is -1.36. The summed E-state index contributed by atoms with van der Waals surface area (Å²) in [6.07, 6.45) is 15.2. The van der Waals surface area contributed by atoms with Crippen molar-refractivity contribution in [1.82, 2.24) is 0 Å². The van der Waals surface area contributed by atoms with Crippen LogP contribution in [0.2, 0.25) is 0 Å². The van der Waals surface area contributed by atoms with Crippen molar-refractivity contribution in [2.24, 2.45) is 0 Å². The molecule has 0 aromatic heterocycles. The molecule has 0 aromatic carbocycles. The van der Waals surface area contributed by atoms with E-state index in [1.807, 2.05) is 0 Å². The molecule has 3 N–H and O–H groups in total. The van der Waals surface area contributed by atoms with E-state index in [1.54, 1.807) is 0 Å². The highest BCUT2D eigenvalue weighted by molar-refractivity contribution is 6.18. The van der Waals surface area contributed by atoms with Crippen molar-refractivity contribution in [1.29, 1.82) is 0 Å². The molecule has 0 spiro atoms. The second-order valence-electron chi connectivity index (χ2n) is 8.14. The molecule has 0 bridgehead atoms. The third-order valence-electron chi connectivity index (χ3n) is 5.40. The highest BCUT2D eigenvalue weighted by Gasteiger charge is 2.28. The largest absolute Gasteiger partial charge is 0.511 e. The van der Waals surface area contributed by atoms with Crippen molar-refractivity contribution in [3.8, 4) is 0 Å². The molecule has 29 heavy (non-hydrogen) atoms. The summed E-state index contributed by atoms with van der Waals surface area (Å²) in [5, 5.41) is 29.5. The first kappa shape index (κ1) is 27.6. The number of rotatable bonds is 20. The quantitative estimate of drug-likeness (QED) is 0.0699. The van der Waals surface area contributed by atoms with E-state index in [0.717, 1.165) is 44.9 Å². The van der Waals surface area contributed by atoms with Crippen LogP contribution in [0.4, 0.5) is 0 Å². The molecule has 0 saturated carbocycles. The highest BCUT2D eigenvalue weighted by Crippen LogP contribution is 2.18. The van der Waals surface area contributed by atoms with Gasteiger partial charge in [0.1, 0.15) is 17.4 Å². The molecule has 0 aromatic rings. The molecule has 5 nitrogen and oxygen atoms in total. The summed E-state index contributed by atoms with van der Waals surface area (Å²) in [5.41, 5.74) is -0.636. The average molecular weight is 413 g/mol. The summed E-state index contributed by atoms with van der Waals surface area (Å²) < 4.78 is 0. The van der Waals surface area contributed by atoms with Crippen LogP contribution in [0.15, 0.2) is 11.3 Å².